The van der Waals surface area contributed by atoms with Crippen LogP contribution >= 0.6 is 0 Å². The summed E-state index contributed by atoms with van der Waals surface area (Å²) < 4.78 is 1.62. The molecule has 1 fully saturated rings. The highest BCUT2D eigenvalue weighted by Crippen LogP contribution is 2.24. The number of nitrogens with one attached hydrogen (secondary N) is 1. The molecule has 2 aromatic heterocycles. The summed E-state index contributed by atoms with van der Waals surface area (Å²) in [6.07, 6.45) is 2.20. The van der Waals surface area contributed by atoms with E-state index in [0.717, 1.165) is 23.6 Å². The van der Waals surface area contributed by atoms with Gasteiger partial charge in [0, 0.05) is 24.0 Å². The predicted octanol–water partition coefficient (Wildman–Crippen LogP) is 1.96. The molecule has 3 heterocycles. The van der Waals surface area contributed by atoms with E-state index in [1.807, 2.05) is 49.1 Å². The lowest BCUT2D eigenvalue weighted by molar-refractivity contribution is -0.117. The third-order valence-electron chi connectivity index (χ3n) is 4.25. The zero-order valence-corrected chi connectivity index (χ0v) is 13.6. The van der Waals surface area contributed by atoms with Crippen LogP contribution in [0.3, 0.4) is 0 Å². The molecule has 1 unspecified atom stereocenters. The van der Waals surface area contributed by atoms with Gasteiger partial charge in [0.25, 0.3) is 5.78 Å². The monoisotopic (exact) mass is 322 g/mol. The van der Waals surface area contributed by atoms with E-state index in [-0.39, 0.29) is 11.9 Å². The first kappa shape index (κ1) is 14.6. The topological polar surface area (TPSA) is 75.4 Å². The fraction of sp³-hybridized carbons (Fsp3) is 0.294. The largest absolute Gasteiger partial charge is 0.358 e. The second kappa shape index (κ2) is 5.59. The molecule has 1 atom stereocenters. The molecule has 1 aliphatic rings. The maximum absolute atomic E-state index is 12.8. The van der Waals surface area contributed by atoms with Crippen LogP contribution in [0.5, 0.6) is 0 Å². The van der Waals surface area contributed by atoms with Crippen LogP contribution in [0, 0.1) is 13.8 Å². The SMILES string of the molecule is Cc1ccc(N2CCC(Nc3cc(C)nc4ncnn34)C2=O)cc1. The average Bonchev–Trinajstić information content (AvgIpc) is 3.16. The number of hydrogen-bond acceptors (Lipinski definition) is 5. The van der Waals surface area contributed by atoms with Crippen LogP contribution in [-0.4, -0.2) is 38.1 Å². The van der Waals surface area contributed by atoms with Gasteiger partial charge in [-0.1, -0.05) is 17.7 Å². The highest BCUT2D eigenvalue weighted by molar-refractivity contribution is 6.00. The van der Waals surface area contributed by atoms with Gasteiger partial charge in [0.2, 0.25) is 5.91 Å². The number of amides is 1. The van der Waals surface area contributed by atoms with Crippen molar-refractivity contribution in [1.29, 1.82) is 0 Å². The highest BCUT2D eigenvalue weighted by Gasteiger charge is 2.33. The lowest BCUT2D eigenvalue weighted by Crippen LogP contribution is -2.34. The molecule has 0 spiro atoms. The molecule has 0 saturated carbocycles. The second-order valence-electron chi connectivity index (χ2n) is 6.07. The van der Waals surface area contributed by atoms with Gasteiger partial charge in [-0.05, 0) is 32.4 Å². The van der Waals surface area contributed by atoms with Gasteiger partial charge in [0.1, 0.15) is 18.2 Å². The molecule has 7 heteroatoms. The van der Waals surface area contributed by atoms with Crippen molar-refractivity contribution in [2.24, 2.45) is 0 Å². The van der Waals surface area contributed by atoms with Gasteiger partial charge in [-0.15, -0.1) is 0 Å². The minimum absolute atomic E-state index is 0.0709. The summed E-state index contributed by atoms with van der Waals surface area (Å²) in [6.45, 7) is 4.63. The van der Waals surface area contributed by atoms with E-state index in [1.54, 1.807) is 4.52 Å². The van der Waals surface area contributed by atoms with Crippen molar-refractivity contribution in [3.63, 3.8) is 0 Å². The number of benzene rings is 1. The van der Waals surface area contributed by atoms with Gasteiger partial charge in [-0.25, -0.2) is 4.98 Å². The van der Waals surface area contributed by atoms with E-state index in [2.05, 4.69) is 20.4 Å². The quantitative estimate of drug-likeness (QED) is 0.798. The van der Waals surface area contributed by atoms with Crippen LogP contribution in [0.1, 0.15) is 17.7 Å². The van der Waals surface area contributed by atoms with Gasteiger partial charge < -0.3 is 10.2 Å². The normalized spacial score (nSPS) is 17.7. The van der Waals surface area contributed by atoms with E-state index in [1.165, 1.54) is 11.9 Å². The summed E-state index contributed by atoms with van der Waals surface area (Å²) in [5.41, 5.74) is 2.95. The number of carbonyl (C=O) groups excluding carboxylic acids is 1. The first-order valence-electron chi connectivity index (χ1n) is 7.94. The van der Waals surface area contributed by atoms with E-state index in [4.69, 9.17) is 0 Å². The molecule has 3 aromatic rings. The summed E-state index contributed by atoms with van der Waals surface area (Å²) in [7, 11) is 0. The Morgan fingerprint density at radius 3 is 2.79 bits per heavy atom. The van der Waals surface area contributed by atoms with Gasteiger partial charge in [0.05, 0.1) is 0 Å². The molecule has 1 N–H and O–H groups in total. The van der Waals surface area contributed by atoms with E-state index in [0.29, 0.717) is 12.3 Å². The summed E-state index contributed by atoms with van der Waals surface area (Å²) in [4.78, 5) is 23.0. The van der Waals surface area contributed by atoms with Crippen molar-refractivity contribution in [1.82, 2.24) is 19.6 Å². The van der Waals surface area contributed by atoms with Crippen LogP contribution in [-0.2, 0) is 4.79 Å². The Labute approximate surface area is 139 Å². The van der Waals surface area contributed by atoms with Crippen LogP contribution < -0.4 is 10.2 Å². The predicted molar refractivity (Wildman–Crippen MR) is 91.1 cm³/mol. The molecule has 122 valence electrons. The van der Waals surface area contributed by atoms with Gasteiger partial charge in [-0.2, -0.15) is 14.6 Å². The molecule has 0 radical (unpaired) electrons. The zero-order chi connectivity index (χ0) is 16.7. The number of rotatable bonds is 3. The van der Waals surface area contributed by atoms with Gasteiger partial charge in [-0.3, -0.25) is 4.79 Å². The second-order valence-corrected chi connectivity index (χ2v) is 6.07. The zero-order valence-electron chi connectivity index (χ0n) is 13.6. The van der Waals surface area contributed by atoms with Gasteiger partial charge >= 0.3 is 0 Å². The number of hydrogen-bond donors (Lipinski definition) is 1. The third kappa shape index (κ3) is 2.47. The van der Waals surface area contributed by atoms with Crippen LogP contribution in [0.25, 0.3) is 5.78 Å². The van der Waals surface area contributed by atoms with Crippen LogP contribution in [0.2, 0.25) is 0 Å². The Morgan fingerprint density at radius 1 is 1.21 bits per heavy atom. The maximum atomic E-state index is 12.8. The highest BCUT2D eigenvalue weighted by atomic mass is 16.2. The van der Waals surface area contributed by atoms with Crippen LogP contribution in [0.4, 0.5) is 11.5 Å². The minimum atomic E-state index is -0.277. The number of nitrogens with zero attached hydrogens (tertiary/aromatic N) is 5. The lowest BCUT2D eigenvalue weighted by Gasteiger charge is -2.18. The van der Waals surface area contributed by atoms with Crippen molar-refractivity contribution >= 4 is 23.2 Å². The standard InChI is InChI=1S/C17H18N6O/c1-11-3-5-13(6-4-11)22-8-7-14(16(22)24)21-15-9-12(2)20-17-18-10-19-23(15)17/h3-6,9-10,14,21H,7-8H2,1-2H3. The van der Waals surface area contributed by atoms with Crippen molar-refractivity contribution < 1.29 is 4.79 Å². The van der Waals surface area contributed by atoms with Crippen molar-refractivity contribution in [2.75, 3.05) is 16.8 Å². The van der Waals surface area contributed by atoms with E-state index >= 15 is 0 Å². The van der Waals surface area contributed by atoms with Crippen molar-refractivity contribution in [2.45, 2.75) is 26.3 Å². The first-order chi connectivity index (χ1) is 11.6. The number of carbonyl (C=O) groups is 1. The molecular formula is C17H18N6O. The maximum Gasteiger partial charge on any atom is 0.254 e. The Kier molecular flexibility index (Phi) is 3.41. The molecule has 7 nitrogen and oxygen atoms in total. The number of aryl methyl sites for hydroxylation is 2. The van der Waals surface area contributed by atoms with E-state index < -0.39 is 0 Å². The summed E-state index contributed by atoms with van der Waals surface area (Å²) in [6, 6.07) is 9.62. The molecule has 1 aromatic carbocycles. The number of anilines is 2. The molecule has 0 bridgehead atoms. The van der Waals surface area contributed by atoms with Crippen molar-refractivity contribution in [3.05, 3.63) is 47.9 Å². The molecular weight excluding hydrogens is 304 g/mol. The summed E-state index contributed by atoms with van der Waals surface area (Å²) >= 11 is 0. The minimum Gasteiger partial charge on any atom is -0.358 e. The summed E-state index contributed by atoms with van der Waals surface area (Å²) in [5, 5.41) is 7.47. The molecule has 24 heavy (non-hydrogen) atoms. The molecule has 4 rings (SSSR count). The molecule has 1 aliphatic heterocycles. The Balaban J connectivity index is 1.58. The number of fused-ring (bicyclic) bond motifs is 1. The third-order valence-corrected chi connectivity index (χ3v) is 4.25. The summed E-state index contributed by atoms with van der Waals surface area (Å²) in [5.74, 6) is 1.33. The number of aromatic nitrogens is 4. The molecule has 1 saturated heterocycles. The fourth-order valence-corrected chi connectivity index (χ4v) is 3.01. The van der Waals surface area contributed by atoms with Crippen molar-refractivity contribution in [3.8, 4) is 0 Å². The first-order valence-corrected chi connectivity index (χ1v) is 7.94. The molecule has 1 amide bonds. The lowest BCUT2D eigenvalue weighted by atomic mass is 10.2. The van der Waals surface area contributed by atoms with Gasteiger partial charge in [0.15, 0.2) is 0 Å². The van der Waals surface area contributed by atoms with E-state index in [9.17, 15) is 4.79 Å². The smallest absolute Gasteiger partial charge is 0.254 e. The fourth-order valence-electron chi connectivity index (χ4n) is 3.01. The Morgan fingerprint density at radius 2 is 2.00 bits per heavy atom. The molecule has 0 aliphatic carbocycles. The van der Waals surface area contributed by atoms with Crippen LogP contribution in [0.15, 0.2) is 36.7 Å². The average molecular weight is 322 g/mol. The Hall–Kier alpha value is -2.96. The Bertz CT molecular complexity index is 901.